The van der Waals surface area contributed by atoms with Crippen molar-refractivity contribution in [3.05, 3.63) is 21.3 Å². The molecular weight excluding hydrogens is 204 g/mol. The number of hydrogen-bond donors (Lipinski definition) is 0. The van der Waals surface area contributed by atoms with Crippen LogP contribution in [0, 0.1) is 0 Å². The van der Waals surface area contributed by atoms with Crippen molar-refractivity contribution in [2.75, 3.05) is 0 Å². The van der Waals surface area contributed by atoms with Gasteiger partial charge in [-0.3, -0.25) is 4.79 Å². The van der Waals surface area contributed by atoms with Gasteiger partial charge in [-0.2, -0.15) is 0 Å². The highest BCUT2D eigenvalue weighted by molar-refractivity contribution is 7.16. The lowest BCUT2D eigenvalue weighted by atomic mass is 9.86. The fourth-order valence-corrected chi connectivity index (χ4v) is 2.53. The third-order valence-corrected chi connectivity index (χ3v) is 3.53. The van der Waals surface area contributed by atoms with E-state index in [2.05, 4.69) is 13.8 Å². The highest BCUT2D eigenvalue weighted by Crippen LogP contribution is 2.34. The standard InChI is InChI=1S/C10H13ClOS/c1-7(12)6-10(2,3)8-4-5-9(11)13-8/h4-5H,6H2,1-3H3. The Balaban J connectivity index is 2.86. The lowest BCUT2D eigenvalue weighted by Gasteiger charge is -2.21. The van der Waals surface area contributed by atoms with Crippen molar-refractivity contribution >= 4 is 28.7 Å². The molecule has 0 aliphatic rings. The summed E-state index contributed by atoms with van der Waals surface area (Å²) in [5, 5.41) is 0. The third kappa shape index (κ3) is 2.82. The Hall–Kier alpha value is -0.340. The van der Waals surface area contributed by atoms with Crippen molar-refractivity contribution in [1.82, 2.24) is 0 Å². The van der Waals surface area contributed by atoms with Crippen LogP contribution in [0.2, 0.25) is 4.34 Å². The maximum absolute atomic E-state index is 11.0. The van der Waals surface area contributed by atoms with Gasteiger partial charge in [0.2, 0.25) is 0 Å². The molecule has 1 aromatic heterocycles. The van der Waals surface area contributed by atoms with E-state index in [0.29, 0.717) is 6.42 Å². The van der Waals surface area contributed by atoms with Crippen molar-refractivity contribution in [2.24, 2.45) is 0 Å². The van der Waals surface area contributed by atoms with Crippen molar-refractivity contribution in [3.63, 3.8) is 0 Å². The number of halogens is 1. The molecule has 0 spiro atoms. The molecule has 0 amide bonds. The molecule has 0 saturated carbocycles. The summed E-state index contributed by atoms with van der Waals surface area (Å²) in [6, 6.07) is 3.87. The monoisotopic (exact) mass is 216 g/mol. The Labute approximate surface area is 87.7 Å². The van der Waals surface area contributed by atoms with Gasteiger partial charge in [0.05, 0.1) is 4.34 Å². The van der Waals surface area contributed by atoms with Crippen LogP contribution >= 0.6 is 22.9 Å². The number of hydrogen-bond acceptors (Lipinski definition) is 2. The van der Waals surface area contributed by atoms with Crippen LogP contribution in [-0.4, -0.2) is 5.78 Å². The van der Waals surface area contributed by atoms with Gasteiger partial charge in [-0.25, -0.2) is 0 Å². The molecule has 1 rings (SSSR count). The summed E-state index contributed by atoms with van der Waals surface area (Å²) in [4.78, 5) is 12.2. The van der Waals surface area contributed by atoms with Crippen LogP contribution in [0.15, 0.2) is 12.1 Å². The third-order valence-electron chi connectivity index (χ3n) is 1.93. The van der Waals surface area contributed by atoms with Gasteiger partial charge in [0.1, 0.15) is 5.78 Å². The van der Waals surface area contributed by atoms with Gasteiger partial charge in [-0.05, 0) is 19.1 Å². The normalized spacial score (nSPS) is 11.7. The van der Waals surface area contributed by atoms with Crippen LogP contribution < -0.4 is 0 Å². The molecule has 13 heavy (non-hydrogen) atoms. The number of thiophene rings is 1. The summed E-state index contributed by atoms with van der Waals surface area (Å²) in [7, 11) is 0. The minimum Gasteiger partial charge on any atom is -0.300 e. The van der Waals surface area contributed by atoms with E-state index in [1.165, 1.54) is 4.88 Å². The second-order valence-corrected chi connectivity index (χ2v) is 5.58. The highest BCUT2D eigenvalue weighted by Gasteiger charge is 2.24. The van der Waals surface area contributed by atoms with Gasteiger partial charge in [-0.15, -0.1) is 11.3 Å². The van der Waals surface area contributed by atoms with E-state index < -0.39 is 0 Å². The molecule has 1 aromatic rings. The number of Topliss-reactive ketones (excluding diaryl/α,β-unsaturated/α-hetero) is 1. The Morgan fingerprint density at radius 2 is 2.15 bits per heavy atom. The van der Waals surface area contributed by atoms with Gasteiger partial charge in [0.15, 0.2) is 0 Å². The Kier molecular flexibility index (Phi) is 3.14. The number of carbonyl (C=O) groups excluding carboxylic acids is 1. The fraction of sp³-hybridized carbons (Fsp3) is 0.500. The zero-order valence-corrected chi connectivity index (χ0v) is 9.63. The van der Waals surface area contributed by atoms with Crippen LogP contribution in [-0.2, 0) is 10.2 Å². The Morgan fingerprint density at radius 3 is 2.54 bits per heavy atom. The molecule has 72 valence electrons. The predicted octanol–water partition coefficient (Wildman–Crippen LogP) is 3.66. The maximum Gasteiger partial charge on any atom is 0.130 e. The molecular formula is C10H13ClOS. The molecule has 0 N–H and O–H groups in total. The number of carbonyl (C=O) groups is 1. The summed E-state index contributed by atoms with van der Waals surface area (Å²) in [5.41, 5.74) is -0.0797. The first-order valence-electron chi connectivity index (χ1n) is 4.17. The van der Waals surface area contributed by atoms with Crippen LogP contribution in [0.1, 0.15) is 32.1 Å². The van der Waals surface area contributed by atoms with Gasteiger partial charge in [0.25, 0.3) is 0 Å². The second-order valence-electron chi connectivity index (χ2n) is 3.87. The zero-order chi connectivity index (χ0) is 10.1. The smallest absolute Gasteiger partial charge is 0.130 e. The van der Waals surface area contributed by atoms with Crippen molar-refractivity contribution in [3.8, 4) is 0 Å². The van der Waals surface area contributed by atoms with Crippen LogP contribution in [0.25, 0.3) is 0 Å². The van der Waals surface area contributed by atoms with E-state index in [-0.39, 0.29) is 11.2 Å². The average Bonchev–Trinajstić information content (AvgIpc) is 2.32. The predicted molar refractivity (Wildman–Crippen MR) is 57.7 cm³/mol. The SMILES string of the molecule is CC(=O)CC(C)(C)c1ccc(Cl)s1. The van der Waals surface area contributed by atoms with E-state index >= 15 is 0 Å². The van der Waals surface area contributed by atoms with E-state index in [4.69, 9.17) is 11.6 Å². The Morgan fingerprint density at radius 1 is 1.54 bits per heavy atom. The maximum atomic E-state index is 11.0. The quantitative estimate of drug-likeness (QED) is 0.754. The van der Waals surface area contributed by atoms with Crippen molar-refractivity contribution in [2.45, 2.75) is 32.6 Å². The molecule has 0 radical (unpaired) electrons. The highest BCUT2D eigenvalue weighted by atomic mass is 35.5. The summed E-state index contributed by atoms with van der Waals surface area (Å²) >= 11 is 7.39. The minimum absolute atomic E-state index is 0.0797. The summed E-state index contributed by atoms with van der Waals surface area (Å²) in [5.74, 6) is 0.217. The molecule has 0 aromatic carbocycles. The first-order valence-corrected chi connectivity index (χ1v) is 5.36. The lowest BCUT2D eigenvalue weighted by molar-refractivity contribution is -0.117. The van der Waals surface area contributed by atoms with E-state index in [1.54, 1.807) is 18.3 Å². The number of ketones is 1. The molecule has 1 nitrogen and oxygen atoms in total. The van der Waals surface area contributed by atoms with Crippen LogP contribution in [0.3, 0.4) is 0 Å². The average molecular weight is 217 g/mol. The zero-order valence-electron chi connectivity index (χ0n) is 8.06. The first-order chi connectivity index (χ1) is 5.92. The van der Waals surface area contributed by atoms with Gasteiger partial charge in [-0.1, -0.05) is 25.4 Å². The topological polar surface area (TPSA) is 17.1 Å². The largest absolute Gasteiger partial charge is 0.300 e. The molecule has 0 saturated heterocycles. The molecule has 0 unspecified atom stereocenters. The van der Waals surface area contributed by atoms with Gasteiger partial charge in [0, 0.05) is 16.7 Å². The minimum atomic E-state index is -0.0797. The lowest BCUT2D eigenvalue weighted by Crippen LogP contribution is -2.18. The molecule has 0 bridgehead atoms. The van der Waals surface area contributed by atoms with E-state index in [9.17, 15) is 4.79 Å². The summed E-state index contributed by atoms with van der Waals surface area (Å²) < 4.78 is 0.784. The summed E-state index contributed by atoms with van der Waals surface area (Å²) in [6.45, 7) is 5.75. The molecule has 0 aliphatic carbocycles. The van der Waals surface area contributed by atoms with E-state index in [1.807, 2.05) is 12.1 Å². The second kappa shape index (κ2) is 3.81. The van der Waals surface area contributed by atoms with Crippen molar-refractivity contribution in [1.29, 1.82) is 0 Å². The fourth-order valence-electron chi connectivity index (χ4n) is 1.39. The van der Waals surface area contributed by atoms with Crippen LogP contribution in [0.4, 0.5) is 0 Å². The van der Waals surface area contributed by atoms with Crippen molar-refractivity contribution < 1.29 is 4.79 Å². The Bertz CT molecular complexity index is 314. The molecule has 0 atom stereocenters. The van der Waals surface area contributed by atoms with Gasteiger partial charge < -0.3 is 0 Å². The molecule has 1 heterocycles. The van der Waals surface area contributed by atoms with E-state index in [0.717, 1.165) is 4.34 Å². The first kappa shape index (κ1) is 10.7. The van der Waals surface area contributed by atoms with Gasteiger partial charge >= 0.3 is 0 Å². The molecule has 0 aliphatic heterocycles. The molecule has 0 fully saturated rings. The molecule has 3 heteroatoms. The van der Waals surface area contributed by atoms with Crippen LogP contribution in [0.5, 0.6) is 0 Å². The number of rotatable bonds is 3. The summed E-state index contributed by atoms with van der Waals surface area (Å²) in [6.07, 6.45) is 0.573.